The standard InChI is InChI=1S/C28H22N2S/c1-17-15-18(2)19(3)24(16-17)26-28-23(13-14-30(26)5)22-12-11-21(20-9-7-6-8-10-20)25(29-4)27(22)31-28/h6-16H,5H2,1-3H3. The molecular weight excluding hydrogens is 396 g/mol. The van der Waals surface area contributed by atoms with E-state index in [0.29, 0.717) is 0 Å². The van der Waals surface area contributed by atoms with E-state index in [0.717, 1.165) is 32.6 Å². The Hall–Kier alpha value is -3.61. The number of benzene rings is 3. The summed E-state index contributed by atoms with van der Waals surface area (Å²) in [5, 5.41) is 2.31. The molecule has 31 heavy (non-hydrogen) atoms. The average Bonchev–Trinajstić information content (AvgIpc) is 3.15. The SMILES string of the molecule is [C-]#[N+][c-]1c(-c2ccccc2)ccc2c3cc[n+](=C)[c-](-c4cc(C)cc(C)c4C)c3[s+]c21. The van der Waals surface area contributed by atoms with Crippen LogP contribution < -0.4 is 4.24 Å². The van der Waals surface area contributed by atoms with Crippen LogP contribution in [-0.2, 0) is 0 Å². The van der Waals surface area contributed by atoms with E-state index < -0.39 is 0 Å². The summed E-state index contributed by atoms with van der Waals surface area (Å²) < 4.78 is 4.19. The number of pyridine rings is 1. The van der Waals surface area contributed by atoms with Crippen LogP contribution in [0.2, 0.25) is 0 Å². The maximum Gasteiger partial charge on any atom is 0.253 e. The minimum atomic E-state index is 0.726. The van der Waals surface area contributed by atoms with E-state index in [1.54, 1.807) is 11.3 Å². The molecule has 0 amide bonds. The van der Waals surface area contributed by atoms with Crippen molar-refractivity contribution >= 4 is 37.2 Å². The highest BCUT2D eigenvalue weighted by Crippen LogP contribution is 2.46. The molecule has 0 aliphatic heterocycles. The fraction of sp³-hybridized carbons (Fsp3) is 0.107. The first kappa shape index (κ1) is 19.4. The van der Waals surface area contributed by atoms with Gasteiger partial charge < -0.3 is 4.85 Å². The van der Waals surface area contributed by atoms with Gasteiger partial charge in [-0.1, -0.05) is 83.8 Å². The van der Waals surface area contributed by atoms with Gasteiger partial charge in [-0.2, -0.15) is 0 Å². The molecule has 0 radical (unpaired) electrons. The molecule has 150 valence electrons. The first-order valence-corrected chi connectivity index (χ1v) is 11.1. The number of hydrogen-bond donors (Lipinski definition) is 0. The van der Waals surface area contributed by atoms with Crippen molar-refractivity contribution in [1.82, 2.24) is 0 Å². The summed E-state index contributed by atoms with van der Waals surface area (Å²) >= 11 is 1.70. The van der Waals surface area contributed by atoms with Gasteiger partial charge in [0.15, 0.2) is 16.0 Å². The molecule has 3 heteroatoms. The molecule has 3 aromatic carbocycles. The van der Waals surface area contributed by atoms with Gasteiger partial charge in [0, 0.05) is 5.39 Å². The summed E-state index contributed by atoms with van der Waals surface area (Å²) in [6.45, 7) is 18.7. The van der Waals surface area contributed by atoms with Crippen molar-refractivity contribution < 1.29 is 4.24 Å². The molecule has 2 aromatic heterocycles. The third-order valence-electron chi connectivity index (χ3n) is 6.06. The monoisotopic (exact) mass is 418 g/mol. The van der Waals surface area contributed by atoms with Gasteiger partial charge in [0.05, 0.1) is 12.4 Å². The van der Waals surface area contributed by atoms with Crippen molar-refractivity contribution in [3.05, 3.63) is 102 Å². The van der Waals surface area contributed by atoms with E-state index in [9.17, 15) is 0 Å². The first-order valence-electron chi connectivity index (χ1n) is 10.3. The number of aromatic nitrogens is 1. The van der Waals surface area contributed by atoms with Gasteiger partial charge in [-0.25, -0.2) is 0 Å². The highest BCUT2D eigenvalue weighted by atomic mass is 32.1. The number of aryl methyl sites for hydroxylation is 2. The molecule has 2 nitrogen and oxygen atoms in total. The minimum absolute atomic E-state index is 0.726. The van der Waals surface area contributed by atoms with Crippen LogP contribution in [0, 0.1) is 34.1 Å². The molecule has 0 unspecified atom stereocenters. The maximum absolute atomic E-state index is 7.95. The lowest BCUT2D eigenvalue weighted by atomic mass is 9.96. The molecule has 0 aliphatic carbocycles. The van der Waals surface area contributed by atoms with Crippen molar-refractivity contribution in [3.63, 3.8) is 0 Å². The van der Waals surface area contributed by atoms with Gasteiger partial charge in [-0.05, 0) is 36.4 Å². The van der Waals surface area contributed by atoms with Crippen LogP contribution >= 0.6 is 11.3 Å². The molecule has 2 heterocycles. The van der Waals surface area contributed by atoms with Crippen molar-refractivity contribution in [1.29, 1.82) is 0 Å². The molecular formula is C28H22N2S. The van der Waals surface area contributed by atoms with E-state index in [1.807, 2.05) is 28.6 Å². The third-order valence-corrected chi connectivity index (χ3v) is 7.29. The largest absolute Gasteiger partial charge is 0.444 e. The molecule has 0 saturated carbocycles. The maximum atomic E-state index is 7.95. The zero-order valence-corrected chi connectivity index (χ0v) is 18.7. The van der Waals surface area contributed by atoms with Gasteiger partial charge in [0.25, 0.3) is 4.70 Å². The van der Waals surface area contributed by atoms with E-state index in [2.05, 4.69) is 74.8 Å². The summed E-state index contributed by atoms with van der Waals surface area (Å²) in [5.41, 5.74) is 8.89. The van der Waals surface area contributed by atoms with Crippen LogP contribution in [0.3, 0.4) is 0 Å². The fourth-order valence-corrected chi connectivity index (χ4v) is 5.76. The van der Waals surface area contributed by atoms with Crippen LogP contribution in [0.15, 0.2) is 66.9 Å². The van der Waals surface area contributed by atoms with Crippen molar-refractivity contribution in [3.8, 4) is 22.4 Å². The number of rotatable bonds is 2. The smallest absolute Gasteiger partial charge is 0.253 e. The summed E-state index contributed by atoms with van der Waals surface area (Å²) in [4.78, 5) is 3.98. The number of thiophene rings is 1. The second kappa shape index (κ2) is 7.27. The second-order valence-electron chi connectivity index (χ2n) is 8.05. The Labute approximate surface area is 186 Å². The zero-order chi connectivity index (χ0) is 21.7. The molecule has 0 spiro atoms. The van der Waals surface area contributed by atoms with Crippen molar-refractivity contribution in [2.75, 3.05) is 0 Å². The lowest BCUT2D eigenvalue weighted by molar-refractivity contribution is -0.484. The molecule has 0 bridgehead atoms. The lowest BCUT2D eigenvalue weighted by Gasteiger charge is -2.11. The quantitative estimate of drug-likeness (QED) is 0.157. The number of nitrogens with zero attached hydrogens (tertiary/aromatic N) is 2. The van der Waals surface area contributed by atoms with Crippen molar-refractivity contribution in [2.45, 2.75) is 20.8 Å². The topological polar surface area (TPSA) is 10.3 Å². The Balaban J connectivity index is 1.90. The van der Waals surface area contributed by atoms with E-state index in [4.69, 9.17) is 6.57 Å². The predicted octanol–water partition coefficient (Wildman–Crippen LogP) is 7.79. The Kier molecular flexibility index (Phi) is 4.54. The Morgan fingerprint density at radius 2 is 1.68 bits per heavy atom. The molecule has 0 aliphatic rings. The van der Waals surface area contributed by atoms with Crippen LogP contribution in [-0.4, -0.2) is 0 Å². The van der Waals surface area contributed by atoms with Crippen LogP contribution in [0.4, 0.5) is 5.69 Å². The minimum Gasteiger partial charge on any atom is -0.444 e. The fourth-order valence-electron chi connectivity index (χ4n) is 4.40. The van der Waals surface area contributed by atoms with Gasteiger partial charge in [-0.15, -0.1) is 0 Å². The Bertz CT molecular complexity index is 1580. The normalized spacial score (nSPS) is 11.2. The van der Waals surface area contributed by atoms with Gasteiger partial charge in [0.2, 0.25) is 5.69 Å². The molecule has 5 rings (SSSR count). The van der Waals surface area contributed by atoms with Crippen LogP contribution in [0.5, 0.6) is 0 Å². The van der Waals surface area contributed by atoms with E-state index in [1.165, 1.54) is 32.3 Å². The second-order valence-corrected chi connectivity index (χ2v) is 9.07. The summed E-state index contributed by atoms with van der Waals surface area (Å²) in [7, 11) is 0. The summed E-state index contributed by atoms with van der Waals surface area (Å²) in [5.74, 6) is 0. The van der Waals surface area contributed by atoms with E-state index >= 15 is 0 Å². The third kappa shape index (κ3) is 3.00. The highest BCUT2D eigenvalue weighted by Gasteiger charge is 2.24. The lowest BCUT2D eigenvalue weighted by Crippen LogP contribution is -2.16. The first-order chi connectivity index (χ1) is 15.0. The molecule has 0 fully saturated rings. The molecule has 5 aromatic rings. The summed E-state index contributed by atoms with van der Waals surface area (Å²) in [6, 6.07) is 21.0. The molecule has 0 N–H and O–H groups in total. The van der Waals surface area contributed by atoms with Crippen molar-refractivity contribution in [2.24, 2.45) is 0 Å². The van der Waals surface area contributed by atoms with Gasteiger partial charge in [-0.3, -0.25) is 10.8 Å². The van der Waals surface area contributed by atoms with Gasteiger partial charge in [0.1, 0.15) is 6.20 Å². The number of hydrogen-bond acceptors (Lipinski definition) is 0. The molecule has 0 saturated heterocycles. The Morgan fingerprint density at radius 1 is 0.935 bits per heavy atom. The van der Waals surface area contributed by atoms with Crippen LogP contribution in [0.25, 0.3) is 47.4 Å². The molecule has 0 atom stereocenters. The predicted molar refractivity (Wildman–Crippen MR) is 132 cm³/mol. The average molecular weight is 419 g/mol. The Morgan fingerprint density at radius 3 is 2.42 bits per heavy atom. The highest BCUT2D eigenvalue weighted by molar-refractivity contribution is 7.27. The van der Waals surface area contributed by atoms with Gasteiger partial charge >= 0.3 is 0 Å². The van der Waals surface area contributed by atoms with Crippen LogP contribution in [0.1, 0.15) is 16.7 Å². The summed E-state index contributed by atoms with van der Waals surface area (Å²) in [6.07, 6.45) is 2.03. The number of fused-ring (bicyclic) bond motifs is 3. The van der Waals surface area contributed by atoms with E-state index in [-0.39, 0.29) is 0 Å². The zero-order valence-electron chi connectivity index (χ0n) is 17.9.